The van der Waals surface area contributed by atoms with Crippen molar-refractivity contribution < 1.29 is 4.79 Å². The molecule has 0 aromatic heterocycles. The van der Waals surface area contributed by atoms with E-state index in [0.29, 0.717) is 16.6 Å². The van der Waals surface area contributed by atoms with E-state index in [1.54, 1.807) is 0 Å². The van der Waals surface area contributed by atoms with Crippen molar-refractivity contribution in [2.75, 3.05) is 0 Å². The summed E-state index contributed by atoms with van der Waals surface area (Å²) in [5.41, 5.74) is 0.751. The molecule has 108 valence electrons. The van der Waals surface area contributed by atoms with Crippen LogP contribution in [0.1, 0.15) is 78.6 Å². The third-order valence-electron chi connectivity index (χ3n) is 5.89. The molecule has 4 aliphatic carbocycles. The van der Waals surface area contributed by atoms with Gasteiger partial charge in [0.15, 0.2) is 0 Å². The van der Waals surface area contributed by atoms with Crippen LogP contribution in [-0.2, 0) is 4.79 Å². The van der Waals surface area contributed by atoms with E-state index in [1.807, 2.05) is 0 Å². The molecule has 4 saturated carbocycles. The van der Waals surface area contributed by atoms with E-state index in [4.69, 9.17) is 0 Å². The van der Waals surface area contributed by atoms with Crippen molar-refractivity contribution in [3.8, 4) is 0 Å². The molecule has 4 aliphatic rings. The van der Waals surface area contributed by atoms with Crippen molar-refractivity contribution in [1.29, 1.82) is 0 Å². The quantitative estimate of drug-likeness (QED) is 0.697. The third kappa shape index (κ3) is 3.06. The lowest BCUT2D eigenvalue weighted by Gasteiger charge is -2.56. The van der Waals surface area contributed by atoms with Crippen LogP contribution in [0.3, 0.4) is 0 Å². The van der Waals surface area contributed by atoms with Crippen LogP contribution in [0.4, 0.5) is 0 Å². The van der Waals surface area contributed by atoms with Gasteiger partial charge in [-0.2, -0.15) is 0 Å². The van der Waals surface area contributed by atoms with Gasteiger partial charge in [0.1, 0.15) is 5.78 Å². The number of rotatable bonds is 4. The second-order valence-corrected chi connectivity index (χ2v) is 9.19. The Morgan fingerprint density at radius 3 is 1.89 bits per heavy atom. The zero-order valence-electron chi connectivity index (χ0n) is 13.0. The first-order chi connectivity index (χ1) is 8.84. The van der Waals surface area contributed by atoms with Gasteiger partial charge in [-0.05, 0) is 73.5 Å². The SMILES string of the molecule is CC(C)(C)CCC(=O)CC12CC3CC(CC(C3)C1)C2. The van der Waals surface area contributed by atoms with E-state index in [2.05, 4.69) is 20.8 Å². The molecule has 4 fully saturated rings. The van der Waals surface area contributed by atoms with E-state index in [1.165, 1.54) is 38.5 Å². The minimum absolute atomic E-state index is 0.303. The molecule has 0 aromatic rings. The molecule has 4 rings (SSSR count). The summed E-state index contributed by atoms with van der Waals surface area (Å²) in [6.45, 7) is 6.72. The minimum Gasteiger partial charge on any atom is -0.300 e. The predicted molar refractivity (Wildman–Crippen MR) is 78.9 cm³/mol. The van der Waals surface area contributed by atoms with E-state index in [-0.39, 0.29) is 0 Å². The lowest BCUT2D eigenvalue weighted by atomic mass is 9.48. The maximum Gasteiger partial charge on any atom is 0.133 e. The summed E-state index contributed by atoms with van der Waals surface area (Å²) in [5, 5.41) is 0. The number of hydrogen-bond acceptors (Lipinski definition) is 1. The Hall–Kier alpha value is -0.330. The van der Waals surface area contributed by atoms with Gasteiger partial charge < -0.3 is 0 Å². The van der Waals surface area contributed by atoms with Crippen LogP contribution in [0.25, 0.3) is 0 Å². The van der Waals surface area contributed by atoms with Crippen LogP contribution < -0.4 is 0 Å². The second kappa shape index (κ2) is 4.60. The molecule has 0 aliphatic heterocycles. The number of carbonyl (C=O) groups excluding carboxylic acids is 1. The van der Waals surface area contributed by atoms with Crippen LogP contribution >= 0.6 is 0 Å². The number of hydrogen-bond donors (Lipinski definition) is 0. The molecule has 0 aromatic carbocycles. The minimum atomic E-state index is 0.303. The molecule has 0 N–H and O–H groups in total. The average Bonchev–Trinajstić information content (AvgIpc) is 2.22. The molecule has 0 unspecified atom stereocenters. The maximum absolute atomic E-state index is 12.4. The molecule has 4 bridgehead atoms. The van der Waals surface area contributed by atoms with Crippen molar-refractivity contribution in [1.82, 2.24) is 0 Å². The van der Waals surface area contributed by atoms with Crippen LogP contribution in [0.15, 0.2) is 0 Å². The van der Waals surface area contributed by atoms with Crippen molar-refractivity contribution in [3.63, 3.8) is 0 Å². The topological polar surface area (TPSA) is 17.1 Å². The molecule has 0 spiro atoms. The Labute approximate surface area is 118 Å². The number of carbonyl (C=O) groups is 1. The summed E-state index contributed by atoms with van der Waals surface area (Å²) in [7, 11) is 0. The highest BCUT2D eigenvalue weighted by Crippen LogP contribution is 2.61. The molecule has 1 nitrogen and oxygen atoms in total. The average molecular weight is 262 g/mol. The predicted octanol–water partition coefficient (Wildman–Crippen LogP) is 4.99. The van der Waals surface area contributed by atoms with Gasteiger partial charge in [0.05, 0.1) is 0 Å². The smallest absolute Gasteiger partial charge is 0.133 e. The molecule has 0 amide bonds. The van der Waals surface area contributed by atoms with Gasteiger partial charge in [-0.15, -0.1) is 0 Å². The first kappa shape index (κ1) is 13.6. The van der Waals surface area contributed by atoms with Crippen molar-refractivity contribution in [2.24, 2.45) is 28.6 Å². The van der Waals surface area contributed by atoms with E-state index < -0.39 is 0 Å². The molecular formula is C18H30O. The normalized spacial score (nSPS) is 40.7. The van der Waals surface area contributed by atoms with Crippen LogP contribution in [0, 0.1) is 28.6 Å². The van der Waals surface area contributed by atoms with Gasteiger partial charge in [0.2, 0.25) is 0 Å². The molecule has 1 heteroatoms. The van der Waals surface area contributed by atoms with Crippen LogP contribution in [-0.4, -0.2) is 5.78 Å². The zero-order valence-corrected chi connectivity index (χ0v) is 13.0. The van der Waals surface area contributed by atoms with Gasteiger partial charge in [0, 0.05) is 12.8 Å². The number of ketones is 1. The Morgan fingerprint density at radius 1 is 1.00 bits per heavy atom. The molecule has 19 heavy (non-hydrogen) atoms. The fourth-order valence-corrected chi connectivity index (χ4v) is 5.53. The largest absolute Gasteiger partial charge is 0.300 e. The lowest BCUT2D eigenvalue weighted by Crippen LogP contribution is -2.46. The molecule has 0 heterocycles. The first-order valence-electron chi connectivity index (χ1n) is 8.35. The Morgan fingerprint density at radius 2 is 1.47 bits per heavy atom. The summed E-state index contributed by atoms with van der Waals surface area (Å²) in [6.07, 6.45) is 11.3. The van der Waals surface area contributed by atoms with E-state index in [9.17, 15) is 4.79 Å². The fourth-order valence-electron chi connectivity index (χ4n) is 5.53. The van der Waals surface area contributed by atoms with Gasteiger partial charge in [-0.1, -0.05) is 20.8 Å². The standard InChI is InChI=1S/C18H30O/c1-17(2,3)5-4-16(19)12-18-9-13-6-14(10-18)8-15(7-13)11-18/h13-15H,4-12H2,1-3H3. The van der Waals surface area contributed by atoms with E-state index in [0.717, 1.165) is 37.0 Å². The highest BCUT2D eigenvalue weighted by atomic mass is 16.1. The van der Waals surface area contributed by atoms with Crippen molar-refractivity contribution in [3.05, 3.63) is 0 Å². The second-order valence-electron chi connectivity index (χ2n) is 9.19. The summed E-state index contributed by atoms with van der Waals surface area (Å²) in [4.78, 5) is 12.4. The summed E-state index contributed by atoms with van der Waals surface area (Å²) >= 11 is 0. The summed E-state index contributed by atoms with van der Waals surface area (Å²) < 4.78 is 0. The molecule has 0 radical (unpaired) electrons. The summed E-state index contributed by atoms with van der Waals surface area (Å²) in [5.74, 6) is 3.47. The monoisotopic (exact) mass is 262 g/mol. The van der Waals surface area contributed by atoms with Crippen molar-refractivity contribution >= 4 is 5.78 Å². The van der Waals surface area contributed by atoms with Gasteiger partial charge in [0.25, 0.3) is 0 Å². The van der Waals surface area contributed by atoms with Gasteiger partial charge in [-0.3, -0.25) is 4.79 Å². The van der Waals surface area contributed by atoms with Crippen molar-refractivity contribution in [2.45, 2.75) is 78.6 Å². The van der Waals surface area contributed by atoms with E-state index >= 15 is 0 Å². The Kier molecular flexibility index (Phi) is 3.30. The molecule has 0 atom stereocenters. The molecule has 0 saturated heterocycles. The Balaban J connectivity index is 1.59. The summed E-state index contributed by atoms with van der Waals surface area (Å²) in [6, 6.07) is 0. The highest BCUT2D eigenvalue weighted by molar-refractivity contribution is 5.79. The maximum atomic E-state index is 12.4. The fraction of sp³-hybridized carbons (Fsp3) is 0.944. The highest BCUT2D eigenvalue weighted by Gasteiger charge is 2.51. The Bertz CT molecular complexity index is 325. The lowest BCUT2D eigenvalue weighted by molar-refractivity contribution is -0.127. The zero-order chi connectivity index (χ0) is 13.7. The van der Waals surface area contributed by atoms with Gasteiger partial charge in [-0.25, -0.2) is 0 Å². The third-order valence-corrected chi connectivity index (χ3v) is 5.89. The molecular weight excluding hydrogens is 232 g/mol. The van der Waals surface area contributed by atoms with Crippen LogP contribution in [0.5, 0.6) is 0 Å². The van der Waals surface area contributed by atoms with Crippen LogP contribution in [0.2, 0.25) is 0 Å². The first-order valence-corrected chi connectivity index (χ1v) is 8.35. The number of Topliss-reactive ketones (excluding diaryl/α,β-unsaturated/α-hetero) is 1. The van der Waals surface area contributed by atoms with Gasteiger partial charge >= 0.3 is 0 Å².